The predicted molar refractivity (Wildman–Crippen MR) is 80.3 cm³/mol. The summed E-state index contributed by atoms with van der Waals surface area (Å²) in [7, 11) is 0. The Morgan fingerprint density at radius 3 is 2.37 bits per heavy atom. The Labute approximate surface area is 121 Å². The zero-order valence-corrected chi connectivity index (χ0v) is 12.5. The minimum atomic E-state index is -0.195. The molecule has 0 heterocycles. The average Bonchev–Trinajstić information content (AvgIpc) is 2.36. The predicted octanol–water partition coefficient (Wildman–Crippen LogP) is 5.45. The van der Waals surface area contributed by atoms with E-state index in [4.69, 9.17) is 11.6 Å². The largest absolute Gasteiger partial charge is 0.198 e. The van der Waals surface area contributed by atoms with E-state index in [0.29, 0.717) is 0 Å². The van der Waals surface area contributed by atoms with Crippen molar-refractivity contribution in [2.75, 3.05) is 0 Å². The standard InChI is InChI=1S/C17H22ClN/c1-14-7-8-15(16(18)11-14)12-17(13-19)9-5-3-2-4-6-10-17/h7-8,11H,2-6,9-10,12H2,1H3. The van der Waals surface area contributed by atoms with Gasteiger partial charge in [-0.3, -0.25) is 0 Å². The van der Waals surface area contributed by atoms with Crippen LogP contribution in [0.3, 0.4) is 0 Å². The molecular weight excluding hydrogens is 254 g/mol. The van der Waals surface area contributed by atoms with Gasteiger partial charge < -0.3 is 0 Å². The van der Waals surface area contributed by atoms with E-state index in [0.717, 1.165) is 29.8 Å². The Hall–Kier alpha value is -1.00. The van der Waals surface area contributed by atoms with E-state index in [2.05, 4.69) is 18.2 Å². The highest BCUT2D eigenvalue weighted by molar-refractivity contribution is 6.31. The van der Waals surface area contributed by atoms with E-state index in [9.17, 15) is 5.26 Å². The van der Waals surface area contributed by atoms with Gasteiger partial charge in [-0.15, -0.1) is 0 Å². The van der Waals surface area contributed by atoms with E-state index in [1.165, 1.54) is 37.7 Å². The lowest BCUT2D eigenvalue weighted by Crippen LogP contribution is -2.23. The van der Waals surface area contributed by atoms with Crippen LogP contribution >= 0.6 is 11.6 Å². The third-order valence-electron chi connectivity index (χ3n) is 4.29. The summed E-state index contributed by atoms with van der Waals surface area (Å²) in [6, 6.07) is 8.81. The maximum atomic E-state index is 9.67. The molecule has 0 aliphatic heterocycles. The lowest BCUT2D eigenvalue weighted by Gasteiger charge is -2.29. The topological polar surface area (TPSA) is 23.8 Å². The van der Waals surface area contributed by atoms with Crippen LogP contribution in [0.5, 0.6) is 0 Å². The van der Waals surface area contributed by atoms with Crippen molar-refractivity contribution in [1.82, 2.24) is 0 Å². The quantitative estimate of drug-likeness (QED) is 0.704. The van der Waals surface area contributed by atoms with Crippen LogP contribution < -0.4 is 0 Å². The van der Waals surface area contributed by atoms with Crippen molar-refractivity contribution in [2.24, 2.45) is 5.41 Å². The molecule has 0 radical (unpaired) electrons. The minimum Gasteiger partial charge on any atom is -0.198 e. The van der Waals surface area contributed by atoms with Crippen LogP contribution in [0, 0.1) is 23.7 Å². The zero-order valence-electron chi connectivity index (χ0n) is 11.7. The van der Waals surface area contributed by atoms with Gasteiger partial charge in [0.1, 0.15) is 0 Å². The molecule has 2 heteroatoms. The second-order valence-electron chi connectivity index (χ2n) is 5.93. The lowest BCUT2D eigenvalue weighted by atomic mass is 9.73. The fourth-order valence-electron chi connectivity index (χ4n) is 3.07. The smallest absolute Gasteiger partial charge is 0.0693 e. The molecule has 1 fully saturated rings. The van der Waals surface area contributed by atoms with Crippen LogP contribution in [0.25, 0.3) is 0 Å². The monoisotopic (exact) mass is 275 g/mol. The van der Waals surface area contributed by atoms with E-state index in [1.807, 2.05) is 13.0 Å². The highest BCUT2D eigenvalue weighted by atomic mass is 35.5. The number of nitrogens with zero attached hydrogens (tertiary/aromatic N) is 1. The molecule has 1 aliphatic rings. The molecule has 0 aromatic heterocycles. The highest BCUT2D eigenvalue weighted by Gasteiger charge is 2.31. The van der Waals surface area contributed by atoms with Gasteiger partial charge in [-0.1, -0.05) is 55.8 Å². The van der Waals surface area contributed by atoms with Gasteiger partial charge in [0.15, 0.2) is 0 Å². The molecule has 0 amide bonds. The number of hydrogen-bond donors (Lipinski definition) is 0. The van der Waals surface area contributed by atoms with Crippen molar-refractivity contribution in [1.29, 1.82) is 5.26 Å². The second-order valence-corrected chi connectivity index (χ2v) is 6.34. The Balaban J connectivity index is 2.19. The molecule has 0 saturated heterocycles. The lowest BCUT2D eigenvalue weighted by molar-refractivity contribution is 0.287. The first-order valence-corrected chi connectivity index (χ1v) is 7.69. The number of halogens is 1. The summed E-state index contributed by atoms with van der Waals surface area (Å²) in [5, 5.41) is 10.5. The second kappa shape index (κ2) is 6.44. The van der Waals surface area contributed by atoms with Crippen molar-refractivity contribution in [3.05, 3.63) is 34.3 Å². The summed E-state index contributed by atoms with van der Waals surface area (Å²) in [6.45, 7) is 2.05. The molecular formula is C17H22ClN. The summed E-state index contributed by atoms with van der Waals surface area (Å²) in [6.07, 6.45) is 9.07. The van der Waals surface area contributed by atoms with Gasteiger partial charge in [0.25, 0.3) is 0 Å². The van der Waals surface area contributed by atoms with Crippen LogP contribution in [0.4, 0.5) is 0 Å². The molecule has 1 aromatic carbocycles. The number of hydrogen-bond acceptors (Lipinski definition) is 1. The first-order valence-electron chi connectivity index (χ1n) is 7.31. The van der Waals surface area contributed by atoms with Gasteiger partial charge in [-0.2, -0.15) is 5.26 Å². The summed E-state index contributed by atoms with van der Waals surface area (Å²) < 4.78 is 0. The molecule has 102 valence electrons. The van der Waals surface area contributed by atoms with E-state index < -0.39 is 0 Å². The molecule has 1 aromatic rings. The zero-order chi connectivity index (χ0) is 13.7. The maximum Gasteiger partial charge on any atom is 0.0693 e. The molecule has 0 atom stereocenters. The Bertz CT molecular complexity index is 465. The maximum absolute atomic E-state index is 9.67. The van der Waals surface area contributed by atoms with Gasteiger partial charge >= 0.3 is 0 Å². The van der Waals surface area contributed by atoms with Gasteiger partial charge in [-0.25, -0.2) is 0 Å². The minimum absolute atomic E-state index is 0.195. The van der Waals surface area contributed by atoms with Crippen LogP contribution in [0.2, 0.25) is 5.02 Å². The SMILES string of the molecule is Cc1ccc(CC2(C#N)CCCCCCC2)c(Cl)c1. The Morgan fingerprint density at radius 1 is 1.16 bits per heavy atom. The number of benzene rings is 1. The first-order chi connectivity index (χ1) is 9.15. The fourth-order valence-corrected chi connectivity index (χ4v) is 3.37. The van der Waals surface area contributed by atoms with Gasteiger partial charge in [0.05, 0.1) is 11.5 Å². The molecule has 1 nitrogen and oxygen atoms in total. The van der Waals surface area contributed by atoms with E-state index >= 15 is 0 Å². The molecule has 19 heavy (non-hydrogen) atoms. The van der Waals surface area contributed by atoms with Crippen LogP contribution in [0.15, 0.2) is 18.2 Å². The number of aryl methyl sites for hydroxylation is 1. The summed E-state index contributed by atoms with van der Waals surface area (Å²) in [4.78, 5) is 0. The molecule has 0 bridgehead atoms. The van der Waals surface area contributed by atoms with Crippen LogP contribution in [0.1, 0.15) is 56.1 Å². The van der Waals surface area contributed by atoms with Gasteiger partial charge in [-0.05, 0) is 43.4 Å². The Morgan fingerprint density at radius 2 is 1.79 bits per heavy atom. The van der Waals surface area contributed by atoms with E-state index in [-0.39, 0.29) is 5.41 Å². The van der Waals surface area contributed by atoms with Crippen LogP contribution in [-0.4, -0.2) is 0 Å². The number of rotatable bonds is 2. The third-order valence-corrected chi connectivity index (χ3v) is 4.64. The molecule has 1 saturated carbocycles. The van der Waals surface area contributed by atoms with Crippen LogP contribution in [-0.2, 0) is 6.42 Å². The summed E-state index contributed by atoms with van der Waals surface area (Å²) >= 11 is 6.33. The van der Waals surface area contributed by atoms with E-state index in [1.54, 1.807) is 0 Å². The average molecular weight is 276 g/mol. The van der Waals surface area contributed by atoms with Crippen molar-refractivity contribution in [3.63, 3.8) is 0 Å². The molecule has 2 rings (SSSR count). The first kappa shape index (κ1) is 14.4. The summed E-state index contributed by atoms with van der Waals surface area (Å²) in [5.74, 6) is 0. The normalized spacial score (nSPS) is 19.2. The highest BCUT2D eigenvalue weighted by Crippen LogP contribution is 2.38. The van der Waals surface area contributed by atoms with Gasteiger partial charge in [0.2, 0.25) is 0 Å². The third kappa shape index (κ3) is 3.74. The van der Waals surface area contributed by atoms with Gasteiger partial charge in [0, 0.05) is 5.02 Å². The van der Waals surface area contributed by atoms with Crippen molar-refractivity contribution < 1.29 is 0 Å². The molecule has 0 N–H and O–H groups in total. The number of nitriles is 1. The van der Waals surface area contributed by atoms with Crippen molar-refractivity contribution >= 4 is 11.6 Å². The Kier molecular flexibility index (Phi) is 4.88. The molecule has 0 spiro atoms. The van der Waals surface area contributed by atoms with Crippen molar-refractivity contribution in [3.8, 4) is 6.07 Å². The van der Waals surface area contributed by atoms with Crippen molar-refractivity contribution in [2.45, 2.75) is 58.3 Å². The summed E-state index contributed by atoms with van der Waals surface area (Å²) in [5.41, 5.74) is 2.12. The molecule has 1 aliphatic carbocycles. The molecule has 0 unspecified atom stereocenters. The fraction of sp³-hybridized carbons (Fsp3) is 0.588.